The fraction of sp³-hybridized carbons (Fsp3) is 0.333. The first kappa shape index (κ1) is 14.3. The van der Waals surface area contributed by atoms with Gasteiger partial charge in [-0.1, -0.05) is 12.1 Å². The molecule has 5 nitrogen and oxygen atoms in total. The molecule has 0 atom stereocenters. The molecule has 0 radical (unpaired) electrons. The summed E-state index contributed by atoms with van der Waals surface area (Å²) in [4.78, 5) is 8.41. The van der Waals surface area contributed by atoms with Crippen molar-refractivity contribution >= 4 is 0 Å². The van der Waals surface area contributed by atoms with E-state index in [2.05, 4.69) is 9.97 Å². The molecule has 5 heteroatoms. The highest BCUT2D eigenvalue weighted by molar-refractivity contribution is 5.32. The monoisotopic (exact) mass is 273 g/mol. The van der Waals surface area contributed by atoms with Crippen LogP contribution in [0.4, 0.5) is 0 Å². The molecule has 0 aliphatic carbocycles. The Morgan fingerprint density at radius 1 is 1.10 bits per heavy atom. The minimum atomic E-state index is 0.479. The molecule has 0 fully saturated rings. The highest BCUT2D eigenvalue weighted by atomic mass is 16.5. The molecule has 2 N–H and O–H groups in total. The summed E-state index contributed by atoms with van der Waals surface area (Å²) in [5.41, 5.74) is 6.71. The topological polar surface area (TPSA) is 70.3 Å². The number of nitrogens with two attached hydrogens (primary N) is 1. The van der Waals surface area contributed by atoms with Crippen LogP contribution in [0.1, 0.15) is 18.3 Å². The number of ether oxygens (including phenoxy) is 2. The van der Waals surface area contributed by atoms with Crippen molar-refractivity contribution in [2.75, 3.05) is 13.2 Å². The molecule has 1 heterocycles. The molecule has 1 aromatic heterocycles. The zero-order valence-electron chi connectivity index (χ0n) is 11.8. The number of benzene rings is 1. The lowest BCUT2D eigenvalue weighted by Gasteiger charge is -2.08. The summed E-state index contributed by atoms with van der Waals surface area (Å²) in [6, 6.07) is 9.50. The lowest BCUT2D eigenvalue weighted by molar-refractivity contribution is 0.321. The largest absolute Gasteiger partial charge is 0.478 e. The van der Waals surface area contributed by atoms with E-state index < -0.39 is 0 Å². The molecule has 0 aliphatic heterocycles. The fourth-order valence-electron chi connectivity index (χ4n) is 1.80. The lowest BCUT2D eigenvalue weighted by Crippen LogP contribution is -2.02. The third-order valence-corrected chi connectivity index (χ3v) is 2.66. The van der Waals surface area contributed by atoms with E-state index in [1.165, 1.54) is 5.56 Å². The molecule has 0 spiro atoms. The van der Waals surface area contributed by atoms with Crippen LogP contribution in [-0.2, 0) is 6.42 Å². The molecule has 0 amide bonds. The van der Waals surface area contributed by atoms with Crippen molar-refractivity contribution in [3.8, 4) is 17.5 Å². The standard InChI is InChI=1S/C15H19N3O2/c1-3-19-14-10-15(18-11(2)17-14)20-13-6-4-12(5-7-13)8-9-16/h4-7,10H,3,8-9,16H2,1-2H3. The van der Waals surface area contributed by atoms with Gasteiger partial charge in [0.15, 0.2) is 0 Å². The summed E-state index contributed by atoms with van der Waals surface area (Å²) in [6.07, 6.45) is 0.862. The quantitative estimate of drug-likeness (QED) is 0.875. The van der Waals surface area contributed by atoms with Crippen LogP contribution >= 0.6 is 0 Å². The van der Waals surface area contributed by atoms with E-state index in [1.807, 2.05) is 31.2 Å². The van der Waals surface area contributed by atoms with Gasteiger partial charge in [-0.05, 0) is 44.5 Å². The van der Waals surface area contributed by atoms with Crippen LogP contribution in [-0.4, -0.2) is 23.1 Å². The van der Waals surface area contributed by atoms with Gasteiger partial charge in [-0.25, -0.2) is 0 Å². The number of aryl methyl sites for hydroxylation is 1. The second-order valence-electron chi connectivity index (χ2n) is 4.31. The summed E-state index contributed by atoms with van der Waals surface area (Å²) in [5.74, 6) is 2.35. The molecule has 0 bridgehead atoms. The van der Waals surface area contributed by atoms with E-state index in [0.29, 0.717) is 30.7 Å². The molecule has 0 unspecified atom stereocenters. The van der Waals surface area contributed by atoms with Crippen LogP contribution in [0.5, 0.6) is 17.5 Å². The van der Waals surface area contributed by atoms with Gasteiger partial charge in [-0.2, -0.15) is 9.97 Å². The maximum Gasteiger partial charge on any atom is 0.226 e. The predicted octanol–water partition coefficient (Wildman–Crippen LogP) is 2.48. The van der Waals surface area contributed by atoms with E-state index in [4.69, 9.17) is 15.2 Å². The van der Waals surface area contributed by atoms with Crippen molar-refractivity contribution in [1.29, 1.82) is 0 Å². The first-order chi connectivity index (χ1) is 9.71. The predicted molar refractivity (Wildman–Crippen MR) is 77.2 cm³/mol. The first-order valence-corrected chi connectivity index (χ1v) is 6.66. The van der Waals surface area contributed by atoms with Gasteiger partial charge in [-0.3, -0.25) is 0 Å². The van der Waals surface area contributed by atoms with Crippen molar-refractivity contribution in [3.63, 3.8) is 0 Å². The molecule has 2 rings (SSSR count). The Labute approximate surface area is 118 Å². The van der Waals surface area contributed by atoms with Crippen molar-refractivity contribution < 1.29 is 9.47 Å². The number of hydrogen-bond donors (Lipinski definition) is 1. The maximum absolute atomic E-state index is 5.72. The van der Waals surface area contributed by atoms with Crippen LogP contribution in [0, 0.1) is 6.92 Å². The minimum absolute atomic E-state index is 0.479. The van der Waals surface area contributed by atoms with Gasteiger partial charge in [0.25, 0.3) is 0 Å². The molecule has 2 aromatic rings. The third-order valence-electron chi connectivity index (χ3n) is 2.66. The van der Waals surface area contributed by atoms with Crippen molar-refractivity contribution in [3.05, 3.63) is 41.7 Å². The van der Waals surface area contributed by atoms with E-state index in [1.54, 1.807) is 13.0 Å². The Kier molecular flexibility index (Phi) is 4.90. The molecular formula is C15H19N3O2. The summed E-state index contributed by atoms with van der Waals surface area (Å²) < 4.78 is 11.1. The second-order valence-corrected chi connectivity index (χ2v) is 4.31. The Morgan fingerprint density at radius 3 is 2.45 bits per heavy atom. The zero-order valence-corrected chi connectivity index (χ0v) is 11.8. The second kappa shape index (κ2) is 6.86. The van der Waals surface area contributed by atoms with Gasteiger partial charge in [-0.15, -0.1) is 0 Å². The summed E-state index contributed by atoms with van der Waals surface area (Å²) in [6.45, 7) is 4.92. The van der Waals surface area contributed by atoms with Crippen molar-refractivity contribution in [2.24, 2.45) is 5.73 Å². The van der Waals surface area contributed by atoms with Crippen LogP contribution in [0.15, 0.2) is 30.3 Å². The summed E-state index contributed by atoms with van der Waals surface area (Å²) in [7, 11) is 0. The van der Waals surface area contributed by atoms with Crippen molar-refractivity contribution in [1.82, 2.24) is 9.97 Å². The van der Waals surface area contributed by atoms with E-state index >= 15 is 0 Å². The average molecular weight is 273 g/mol. The van der Waals surface area contributed by atoms with Gasteiger partial charge in [0.1, 0.15) is 11.6 Å². The Bertz CT molecular complexity index is 556. The highest BCUT2D eigenvalue weighted by Crippen LogP contribution is 2.23. The maximum atomic E-state index is 5.72. The average Bonchev–Trinajstić information content (AvgIpc) is 2.41. The zero-order chi connectivity index (χ0) is 14.4. The smallest absolute Gasteiger partial charge is 0.226 e. The minimum Gasteiger partial charge on any atom is -0.478 e. The molecule has 0 saturated heterocycles. The molecule has 20 heavy (non-hydrogen) atoms. The lowest BCUT2D eigenvalue weighted by atomic mass is 10.1. The Hall–Kier alpha value is -2.14. The van der Waals surface area contributed by atoms with Gasteiger partial charge in [0, 0.05) is 0 Å². The third kappa shape index (κ3) is 3.93. The van der Waals surface area contributed by atoms with Crippen LogP contribution in [0.2, 0.25) is 0 Å². The number of rotatable bonds is 6. The van der Waals surface area contributed by atoms with Crippen LogP contribution < -0.4 is 15.2 Å². The van der Waals surface area contributed by atoms with Crippen LogP contribution in [0.25, 0.3) is 0 Å². The van der Waals surface area contributed by atoms with E-state index in [9.17, 15) is 0 Å². The van der Waals surface area contributed by atoms with Gasteiger partial charge >= 0.3 is 0 Å². The molecule has 1 aromatic carbocycles. The SMILES string of the molecule is CCOc1cc(Oc2ccc(CCN)cc2)nc(C)n1. The molecule has 106 valence electrons. The van der Waals surface area contributed by atoms with Gasteiger partial charge < -0.3 is 15.2 Å². The van der Waals surface area contributed by atoms with Crippen LogP contribution in [0.3, 0.4) is 0 Å². The van der Waals surface area contributed by atoms with E-state index in [-0.39, 0.29) is 0 Å². The molecular weight excluding hydrogens is 254 g/mol. The molecule has 0 aliphatic rings. The Morgan fingerprint density at radius 2 is 1.80 bits per heavy atom. The number of hydrogen-bond acceptors (Lipinski definition) is 5. The normalized spacial score (nSPS) is 10.3. The number of nitrogens with zero attached hydrogens (tertiary/aromatic N) is 2. The van der Waals surface area contributed by atoms with Crippen molar-refractivity contribution in [2.45, 2.75) is 20.3 Å². The fourth-order valence-corrected chi connectivity index (χ4v) is 1.80. The summed E-state index contributed by atoms with van der Waals surface area (Å²) in [5, 5.41) is 0. The first-order valence-electron chi connectivity index (χ1n) is 6.66. The van der Waals surface area contributed by atoms with Gasteiger partial charge in [0.2, 0.25) is 11.8 Å². The highest BCUT2D eigenvalue weighted by Gasteiger charge is 2.05. The summed E-state index contributed by atoms with van der Waals surface area (Å²) >= 11 is 0. The molecule has 0 saturated carbocycles. The van der Waals surface area contributed by atoms with Gasteiger partial charge in [0.05, 0.1) is 12.7 Å². The van der Waals surface area contributed by atoms with E-state index in [0.717, 1.165) is 12.2 Å². The number of aromatic nitrogens is 2. The Balaban J connectivity index is 2.12.